The maximum absolute atomic E-state index is 5.66. The van der Waals surface area contributed by atoms with E-state index in [2.05, 4.69) is 84.5 Å². The van der Waals surface area contributed by atoms with Gasteiger partial charge in [0, 0.05) is 0 Å². The first-order chi connectivity index (χ1) is 14.2. The van der Waals surface area contributed by atoms with Gasteiger partial charge < -0.3 is 4.74 Å². The predicted molar refractivity (Wildman–Crippen MR) is 139 cm³/mol. The van der Waals surface area contributed by atoms with E-state index in [-0.39, 0.29) is 5.60 Å². The van der Waals surface area contributed by atoms with Crippen LogP contribution in [0.25, 0.3) is 0 Å². The van der Waals surface area contributed by atoms with Gasteiger partial charge >= 0.3 is 0 Å². The summed E-state index contributed by atoms with van der Waals surface area (Å²) in [4.78, 5) is 0. The summed E-state index contributed by atoms with van der Waals surface area (Å²) in [5.41, 5.74) is 6.18. The second-order valence-electron chi connectivity index (χ2n) is 9.80. The van der Waals surface area contributed by atoms with Crippen LogP contribution in [-0.4, -0.2) is 23.2 Å². The molecule has 1 heterocycles. The molecule has 1 unspecified atom stereocenters. The molecule has 0 amide bonds. The summed E-state index contributed by atoms with van der Waals surface area (Å²) in [5, 5.41) is 0. The summed E-state index contributed by atoms with van der Waals surface area (Å²) in [6, 6.07) is 0. The summed E-state index contributed by atoms with van der Waals surface area (Å²) in [7, 11) is 0. The molecule has 1 aliphatic heterocycles. The summed E-state index contributed by atoms with van der Waals surface area (Å²) in [6.45, 7) is 15.6. The van der Waals surface area contributed by atoms with Crippen LogP contribution in [0.2, 0.25) is 0 Å². The first-order valence-corrected chi connectivity index (χ1v) is 13.2. The highest BCUT2D eigenvalue weighted by molar-refractivity contribution is 7.99. The van der Waals surface area contributed by atoms with Gasteiger partial charge in [0.2, 0.25) is 0 Å². The lowest BCUT2D eigenvalue weighted by Crippen LogP contribution is -2.02. The Balaban J connectivity index is 1.99. The molecule has 0 radical (unpaired) electrons. The third kappa shape index (κ3) is 14.3. The Morgan fingerprint density at radius 2 is 1.27 bits per heavy atom. The molecule has 1 nitrogen and oxygen atoms in total. The van der Waals surface area contributed by atoms with Crippen molar-refractivity contribution in [2.45, 2.75) is 118 Å². The summed E-state index contributed by atoms with van der Waals surface area (Å²) in [6.07, 6.45) is 21.0. The van der Waals surface area contributed by atoms with Gasteiger partial charge in [0.1, 0.15) is 0 Å². The number of hydrogen-bond acceptors (Lipinski definition) is 2. The van der Waals surface area contributed by atoms with Crippen molar-refractivity contribution in [2.24, 2.45) is 0 Å². The minimum atomic E-state index is 0.143. The van der Waals surface area contributed by atoms with Crippen molar-refractivity contribution < 1.29 is 4.74 Å². The molecule has 0 aliphatic carbocycles. The zero-order chi connectivity index (χ0) is 22.4. The second kappa shape index (κ2) is 15.1. The molecular weight excluding hydrogens is 384 g/mol. The number of unbranched alkanes of at least 4 members (excludes halogenated alkanes) is 1. The molecule has 0 aromatic heterocycles. The molecule has 1 aliphatic rings. The van der Waals surface area contributed by atoms with Crippen molar-refractivity contribution in [1.29, 1.82) is 0 Å². The molecule has 1 atom stereocenters. The Morgan fingerprint density at radius 3 is 1.87 bits per heavy atom. The number of epoxide rings is 1. The Kier molecular flexibility index (Phi) is 13.8. The zero-order valence-corrected chi connectivity index (χ0v) is 21.8. The molecule has 0 aromatic carbocycles. The highest BCUT2D eigenvalue weighted by atomic mass is 32.2. The molecule has 0 spiro atoms. The van der Waals surface area contributed by atoms with Crippen LogP contribution in [-0.2, 0) is 4.74 Å². The largest absolute Gasteiger partial charge is 0.367 e. The summed E-state index contributed by atoms with van der Waals surface area (Å²) >= 11 is 2.10. The normalized spacial score (nSPS) is 19.2. The molecular formula is C28H48OS. The summed E-state index contributed by atoms with van der Waals surface area (Å²) < 4.78 is 5.66. The quantitative estimate of drug-likeness (QED) is 0.137. The van der Waals surface area contributed by atoms with Gasteiger partial charge in [-0.15, -0.1) is 0 Å². The lowest BCUT2D eigenvalue weighted by atomic mass is 10.0. The number of rotatable bonds is 16. The average Bonchev–Trinajstić information content (AvgIpc) is 3.28. The van der Waals surface area contributed by atoms with Gasteiger partial charge in [-0.2, -0.15) is 11.8 Å². The smallest absolute Gasteiger partial charge is 0.0892 e. The number of thioether (sulfide) groups is 1. The van der Waals surface area contributed by atoms with Crippen molar-refractivity contribution in [3.63, 3.8) is 0 Å². The van der Waals surface area contributed by atoms with Gasteiger partial charge in [-0.3, -0.25) is 0 Å². The molecule has 1 fully saturated rings. The van der Waals surface area contributed by atoms with E-state index in [1.165, 1.54) is 86.0 Å². The number of hydrogen-bond donors (Lipinski definition) is 0. The van der Waals surface area contributed by atoms with Crippen LogP contribution in [0.4, 0.5) is 0 Å². The predicted octanol–water partition coefficient (Wildman–Crippen LogP) is 9.21. The van der Waals surface area contributed by atoms with Crippen molar-refractivity contribution >= 4 is 11.8 Å². The van der Waals surface area contributed by atoms with E-state index in [1.807, 2.05) is 0 Å². The zero-order valence-electron chi connectivity index (χ0n) is 21.0. The van der Waals surface area contributed by atoms with E-state index < -0.39 is 0 Å². The maximum Gasteiger partial charge on any atom is 0.0892 e. The Bertz CT molecular complexity index is 602. The van der Waals surface area contributed by atoms with Crippen LogP contribution in [0.3, 0.4) is 0 Å². The van der Waals surface area contributed by atoms with Gasteiger partial charge in [0.15, 0.2) is 0 Å². The van der Waals surface area contributed by atoms with Crippen LogP contribution in [0.1, 0.15) is 106 Å². The van der Waals surface area contributed by atoms with Crippen molar-refractivity contribution in [3.8, 4) is 0 Å². The topological polar surface area (TPSA) is 12.5 Å². The molecule has 0 N–H and O–H groups in total. The van der Waals surface area contributed by atoms with Gasteiger partial charge in [-0.05, 0) is 118 Å². The maximum atomic E-state index is 5.66. The van der Waals surface area contributed by atoms with Crippen LogP contribution in [0.15, 0.2) is 46.6 Å². The van der Waals surface area contributed by atoms with Crippen molar-refractivity contribution in [3.05, 3.63) is 46.6 Å². The highest BCUT2D eigenvalue weighted by Gasteiger charge is 2.46. The third-order valence-electron chi connectivity index (χ3n) is 5.83. The van der Waals surface area contributed by atoms with Gasteiger partial charge in [0.25, 0.3) is 0 Å². The Hall–Kier alpha value is -0.730. The van der Waals surface area contributed by atoms with E-state index in [0.29, 0.717) is 6.10 Å². The standard InChI is InChI=1S/C28H48OS/c1-23(2)13-10-15-25(4)17-11-16-24(3)14-8-9-21-30-22-12-18-26(5)19-20-27-28(6,7)29-27/h13-14,17-18,27H,8-12,15-16,19-22H2,1-7H3/b24-14+,25-17+,26-18+. The monoisotopic (exact) mass is 432 g/mol. The number of ether oxygens (including phenoxy) is 1. The highest BCUT2D eigenvalue weighted by Crippen LogP contribution is 2.38. The van der Waals surface area contributed by atoms with E-state index in [9.17, 15) is 0 Å². The van der Waals surface area contributed by atoms with Crippen LogP contribution in [0.5, 0.6) is 0 Å². The molecule has 1 rings (SSSR count). The fourth-order valence-electron chi connectivity index (χ4n) is 3.56. The molecule has 0 aromatic rings. The minimum absolute atomic E-state index is 0.143. The SMILES string of the molecule is CC(C)=CCC/C(C)=C/CC/C(C)=C/CCCSCC/C=C(\C)CCC1OC1(C)C. The fraction of sp³-hybridized carbons (Fsp3) is 0.714. The van der Waals surface area contributed by atoms with Crippen LogP contribution in [0, 0.1) is 0 Å². The van der Waals surface area contributed by atoms with E-state index in [4.69, 9.17) is 4.74 Å². The fourth-order valence-corrected chi connectivity index (χ4v) is 4.42. The first kappa shape index (κ1) is 27.3. The van der Waals surface area contributed by atoms with E-state index in [0.717, 1.165) is 0 Å². The Morgan fingerprint density at radius 1 is 0.733 bits per heavy atom. The first-order valence-electron chi connectivity index (χ1n) is 12.1. The molecule has 30 heavy (non-hydrogen) atoms. The molecule has 0 bridgehead atoms. The lowest BCUT2D eigenvalue weighted by molar-refractivity contribution is 0.320. The Labute approximate surface area is 192 Å². The van der Waals surface area contributed by atoms with Gasteiger partial charge in [-0.25, -0.2) is 0 Å². The lowest BCUT2D eigenvalue weighted by Gasteiger charge is -2.03. The van der Waals surface area contributed by atoms with Crippen molar-refractivity contribution in [2.75, 3.05) is 11.5 Å². The average molecular weight is 433 g/mol. The molecule has 1 saturated heterocycles. The van der Waals surface area contributed by atoms with Gasteiger partial charge in [0.05, 0.1) is 11.7 Å². The van der Waals surface area contributed by atoms with E-state index >= 15 is 0 Å². The molecule has 0 saturated carbocycles. The second-order valence-corrected chi connectivity index (χ2v) is 11.0. The van der Waals surface area contributed by atoms with Crippen molar-refractivity contribution in [1.82, 2.24) is 0 Å². The molecule has 2 heteroatoms. The van der Waals surface area contributed by atoms with Crippen LogP contribution < -0.4 is 0 Å². The molecule has 172 valence electrons. The minimum Gasteiger partial charge on any atom is -0.367 e. The van der Waals surface area contributed by atoms with Gasteiger partial charge in [-0.1, -0.05) is 46.6 Å². The third-order valence-corrected chi connectivity index (χ3v) is 6.93. The van der Waals surface area contributed by atoms with Crippen LogP contribution >= 0.6 is 11.8 Å². The summed E-state index contributed by atoms with van der Waals surface area (Å²) in [5.74, 6) is 2.53. The van der Waals surface area contributed by atoms with E-state index in [1.54, 1.807) is 5.57 Å². The number of allylic oxidation sites excluding steroid dienone is 8.